The number of aliphatic hydroxyl groups is 2. The molecule has 0 radical (unpaired) electrons. The molecule has 0 fully saturated rings. The lowest BCUT2D eigenvalue weighted by atomic mass is 10.0. The van der Waals surface area contributed by atoms with Crippen molar-refractivity contribution < 1.29 is 20.1 Å². The highest BCUT2D eigenvalue weighted by molar-refractivity contribution is 5.66. The minimum atomic E-state index is -0.932. The van der Waals surface area contributed by atoms with Gasteiger partial charge in [-0.1, -0.05) is 58.3 Å². The second-order valence-corrected chi connectivity index (χ2v) is 5.33. The molecule has 0 unspecified atom stereocenters. The fourth-order valence-corrected chi connectivity index (χ4v) is 2.14. The van der Waals surface area contributed by atoms with Gasteiger partial charge in [0.25, 0.3) is 0 Å². The number of aliphatic carboxylic acids is 1. The lowest BCUT2D eigenvalue weighted by Gasteiger charge is -2.16. The molecular formula is C15H30O4. The molecule has 0 aliphatic carbocycles. The van der Waals surface area contributed by atoms with E-state index in [1.54, 1.807) is 0 Å². The van der Waals surface area contributed by atoms with Gasteiger partial charge in [-0.25, -0.2) is 0 Å². The normalized spacial score (nSPS) is 14.3. The zero-order valence-corrected chi connectivity index (χ0v) is 12.2. The summed E-state index contributed by atoms with van der Waals surface area (Å²) >= 11 is 0. The molecule has 0 heterocycles. The first-order chi connectivity index (χ1) is 9.07. The number of unbranched alkanes of at least 4 members (excludes halogenated alkanes) is 7. The van der Waals surface area contributed by atoms with Crippen molar-refractivity contribution >= 4 is 5.97 Å². The van der Waals surface area contributed by atoms with Gasteiger partial charge in [0.15, 0.2) is 0 Å². The van der Waals surface area contributed by atoms with E-state index in [1.165, 1.54) is 38.5 Å². The molecule has 0 bridgehead atoms. The summed E-state index contributed by atoms with van der Waals surface area (Å²) in [7, 11) is 0. The first-order valence-corrected chi connectivity index (χ1v) is 7.65. The quantitative estimate of drug-likeness (QED) is 0.451. The average Bonchev–Trinajstić information content (AvgIpc) is 2.38. The number of carboxylic acid groups (broad SMARTS) is 1. The van der Waals surface area contributed by atoms with Crippen molar-refractivity contribution in [2.24, 2.45) is 0 Å². The SMILES string of the molecule is CCCCCCCCCC[C@@H](O)[C@H](O)CCC(=O)O. The maximum absolute atomic E-state index is 10.3. The van der Waals surface area contributed by atoms with E-state index in [4.69, 9.17) is 5.11 Å². The van der Waals surface area contributed by atoms with Gasteiger partial charge in [0.1, 0.15) is 0 Å². The maximum Gasteiger partial charge on any atom is 0.303 e. The van der Waals surface area contributed by atoms with Crippen LogP contribution in [0.25, 0.3) is 0 Å². The summed E-state index contributed by atoms with van der Waals surface area (Å²) in [5.41, 5.74) is 0. The highest BCUT2D eigenvalue weighted by Gasteiger charge is 2.16. The molecule has 0 aliphatic heterocycles. The summed E-state index contributed by atoms with van der Waals surface area (Å²) in [6.07, 6.45) is 8.52. The molecular weight excluding hydrogens is 244 g/mol. The van der Waals surface area contributed by atoms with Crippen LogP contribution in [0.2, 0.25) is 0 Å². The molecule has 0 saturated carbocycles. The number of hydrogen-bond donors (Lipinski definition) is 3. The van der Waals surface area contributed by atoms with E-state index in [0.717, 1.165) is 12.8 Å². The lowest BCUT2D eigenvalue weighted by Crippen LogP contribution is -2.26. The number of aliphatic hydroxyl groups excluding tert-OH is 2. The molecule has 114 valence electrons. The standard InChI is InChI=1S/C15H30O4/c1-2-3-4-5-6-7-8-9-10-13(16)14(17)11-12-15(18)19/h13-14,16-17H,2-12H2,1H3,(H,18,19)/t13-,14-/m1/s1. The molecule has 0 aromatic carbocycles. The molecule has 4 nitrogen and oxygen atoms in total. The molecule has 3 N–H and O–H groups in total. The largest absolute Gasteiger partial charge is 0.481 e. The van der Waals surface area contributed by atoms with Crippen LogP contribution in [0.15, 0.2) is 0 Å². The molecule has 0 spiro atoms. The summed E-state index contributed by atoms with van der Waals surface area (Å²) < 4.78 is 0. The topological polar surface area (TPSA) is 77.8 Å². The van der Waals surface area contributed by atoms with E-state index in [-0.39, 0.29) is 12.8 Å². The Morgan fingerprint density at radius 1 is 0.842 bits per heavy atom. The fraction of sp³-hybridized carbons (Fsp3) is 0.933. The van der Waals surface area contributed by atoms with Gasteiger partial charge in [0.2, 0.25) is 0 Å². The van der Waals surface area contributed by atoms with Crippen molar-refractivity contribution in [1.29, 1.82) is 0 Å². The Morgan fingerprint density at radius 3 is 1.84 bits per heavy atom. The van der Waals surface area contributed by atoms with Gasteiger partial charge in [-0.3, -0.25) is 4.79 Å². The van der Waals surface area contributed by atoms with Crippen molar-refractivity contribution in [3.63, 3.8) is 0 Å². The van der Waals surface area contributed by atoms with Gasteiger partial charge < -0.3 is 15.3 Å². The highest BCUT2D eigenvalue weighted by Crippen LogP contribution is 2.13. The van der Waals surface area contributed by atoms with Crippen molar-refractivity contribution in [2.75, 3.05) is 0 Å². The monoisotopic (exact) mass is 274 g/mol. The van der Waals surface area contributed by atoms with Crippen molar-refractivity contribution in [3.8, 4) is 0 Å². The summed E-state index contributed by atoms with van der Waals surface area (Å²) in [5, 5.41) is 27.7. The van der Waals surface area contributed by atoms with Crippen molar-refractivity contribution in [3.05, 3.63) is 0 Å². The van der Waals surface area contributed by atoms with Crippen LogP contribution in [0, 0.1) is 0 Å². The Bertz CT molecular complexity index is 218. The van der Waals surface area contributed by atoms with Gasteiger partial charge in [0, 0.05) is 6.42 Å². The van der Waals surface area contributed by atoms with E-state index in [9.17, 15) is 15.0 Å². The molecule has 0 aliphatic rings. The summed E-state index contributed by atoms with van der Waals surface area (Å²) in [6.45, 7) is 2.21. The van der Waals surface area contributed by atoms with Crippen LogP contribution in [-0.2, 0) is 4.79 Å². The van der Waals surface area contributed by atoms with E-state index < -0.39 is 18.2 Å². The second-order valence-electron chi connectivity index (χ2n) is 5.33. The molecule has 0 saturated heterocycles. The van der Waals surface area contributed by atoms with E-state index in [0.29, 0.717) is 6.42 Å². The van der Waals surface area contributed by atoms with Crippen molar-refractivity contribution in [2.45, 2.75) is 89.8 Å². The first-order valence-electron chi connectivity index (χ1n) is 7.65. The predicted octanol–water partition coefficient (Wildman–Crippen LogP) is 3.10. The fourth-order valence-electron chi connectivity index (χ4n) is 2.14. The van der Waals surface area contributed by atoms with E-state index >= 15 is 0 Å². The van der Waals surface area contributed by atoms with Crippen LogP contribution in [0.5, 0.6) is 0 Å². The van der Waals surface area contributed by atoms with E-state index in [2.05, 4.69) is 6.92 Å². The summed E-state index contributed by atoms with van der Waals surface area (Å²) in [5.74, 6) is -0.932. The number of rotatable bonds is 13. The lowest BCUT2D eigenvalue weighted by molar-refractivity contribution is -0.138. The molecule has 19 heavy (non-hydrogen) atoms. The Kier molecular flexibility index (Phi) is 12.0. The van der Waals surface area contributed by atoms with Gasteiger partial charge in [0.05, 0.1) is 12.2 Å². The predicted molar refractivity (Wildman–Crippen MR) is 76.1 cm³/mol. The Morgan fingerprint density at radius 2 is 1.32 bits per heavy atom. The van der Waals surface area contributed by atoms with E-state index in [1.807, 2.05) is 0 Å². The van der Waals surface area contributed by atoms with Gasteiger partial charge >= 0.3 is 5.97 Å². The third-order valence-electron chi connectivity index (χ3n) is 3.45. The van der Waals surface area contributed by atoms with Gasteiger partial charge in [-0.2, -0.15) is 0 Å². The van der Waals surface area contributed by atoms with Crippen LogP contribution in [-0.4, -0.2) is 33.5 Å². The molecule has 4 heteroatoms. The molecule has 0 aromatic rings. The smallest absolute Gasteiger partial charge is 0.303 e. The van der Waals surface area contributed by atoms with Crippen LogP contribution >= 0.6 is 0 Å². The van der Waals surface area contributed by atoms with Crippen LogP contribution < -0.4 is 0 Å². The third-order valence-corrected chi connectivity index (χ3v) is 3.45. The number of hydrogen-bond acceptors (Lipinski definition) is 3. The summed E-state index contributed by atoms with van der Waals surface area (Å²) in [6, 6.07) is 0. The van der Waals surface area contributed by atoms with Crippen LogP contribution in [0.1, 0.15) is 77.6 Å². The van der Waals surface area contributed by atoms with Crippen LogP contribution in [0.3, 0.4) is 0 Å². The van der Waals surface area contributed by atoms with Crippen LogP contribution in [0.4, 0.5) is 0 Å². The molecule has 0 rings (SSSR count). The third kappa shape index (κ3) is 12.2. The van der Waals surface area contributed by atoms with Gasteiger partial charge in [-0.05, 0) is 12.8 Å². The number of carbonyl (C=O) groups is 1. The van der Waals surface area contributed by atoms with Crippen molar-refractivity contribution in [1.82, 2.24) is 0 Å². The summed E-state index contributed by atoms with van der Waals surface area (Å²) in [4.78, 5) is 10.3. The zero-order valence-electron chi connectivity index (χ0n) is 12.2. The first kappa shape index (κ1) is 18.4. The highest BCUT2D eigenvalue weighted by atomic mass is 16.4. The molecule has 0 aromatic heterocycles. The Labute approximate surface area is 116 Å². The number of carboxylic acids is 1. The molecule has 0 amide bonds. The minimum Gasteiger partial charge on any atom is -0.481 e. The minimum absolute atomic E-state index is 0.0876. The maximum atomic E-state index is 10.3. The van der Waals surface area contributed by atoms with Gasteiger partial charge in [-0.15, -0.1) is 0 Å². The average molecular weight is 274 g/mol. The Balaban J connectivity index is 3.37. The molecule has 2 atom stereocenters. The zero-order chi connectivity index (χ0) is 14.5. The Hall–Kier alpha value is -0.610. The second kappa shape index (κ2) is 12.4.